The zero-order chi connectivity index (χ0) is 20.4. The van der Waals surface area contributed by atoms with Gasteiger partial charge in [-0.3, -0.25) is 19.5 Å². The number of likely N-dealkylation sites (N-methyl/N-ethyl adjacent to an activating group) is 1. The Balaban J connectivity index is 1.55. The van der Waals surface area contributed by atoms with Gasteiger partial charge in [0.1, 0.15) is 5.82 Å². The minimum absolute atomic E-state index is 0.122. The van der Waals surface area contributed by atoms with Gasteiger partial charge in [-0.05, 0) is 24.6 Å². The summed E-state index contributed by atoms with van der Waals surface area (Å²) in [5.41, 5.74) is 3.21. The Hall–Kier alpha value is -3.32. The minimum Gasteiger partial charge on any atom is -0.343 e. The van der Waals surface area contributed by atoms with Gasteiger partial charge in [0.25, 0.3) is 5.56 Å². The number of H-pyrrole nitrogens is 1. The van der Waals surface area contributed by atoms with Crippen LogP contribution in [0.2, 0.25) is 0 Å². The lowest BCUT2D eigenvalue weighted by Crippen LogP contribution is -2.53. The molecule has 0 radical (unpaired) electrons. The van der Waals surface area contributed by atoms with Crippen LogP contribution in [0, 0.1) is 0 Å². The van der Waals surface area contributed by atoms with E-state index in [1.54, 1.807) is 17.3 Å². The maximum Gasteiger partial charge on any atom is 0.251 e. The van der Waals surface area contributed by atoms with Gasteiger partial charge in [0.05, 0.1) is 11.7 Å². The van der Waals surface area contributed by atoms with Gasteiger partial charge in [0, 0.05) is 56.3 Å². The molecule has 1 aromatic carbocycles. The molecule has 3 heterocycles. The molecular weight excluding hydrogens is 366 g/mol. The monoisotopic (exact) mass is 389 g/mol. The molecule has 7 heteroatoms. The molecule has 1 aliphatic rings. The van der Waals surface area contributed by atoms with Gasteiger partial charge in [-0.25, -0.2) is 4.98 Å². The number of benzene rings is 1. The zero-order valence-corrected chi connectivity index (χ0v) is 16.5. The normalized spacial score (nSPS) is 17.5. The van der Waals surface area contributed by atoms with Gasteiger partial charge in [0.15, 0.2) is 0 Å². The highest BCUT2D eigenvalue weighted by molar-refractivity contribution is 5.82. The summed E-state index contributed by atoms with van der Waals surface area (Å²) < 4.78 is 0. The number of aromatic nitrogens is 3. The lowest BCUT2D eigenvalue weighted by Gasteiger charge is -2.37. The first-order valence-electron chi connectivity index (χ1n) is 9.61. The van der Waals surface area contributed by atoms with E-state index < -0.39 is 0 Å². The van der Waals surface area contributed by atoms with Crippen LogP contribution in [-0.2, 0) is 11.3 Å². The summed E-state index contributed by atoms with van der Waals surface area (Å²) in [6.45, 7) is 4.26. The van der Waals surface area contributed by atoms with Crippen molar-refractivity contribution in [3.05, 3.63) is 70.8 Å². The molecule has 4 rings (SSSR count). The second-order valence-corrected chi connectivity index (χ2v) is 7.32. The van der Waals surface area contributed by atoms with Crippen LogP contribution in [0.3, 0.4) is 0 Å². The molecule has 1 atom stereocenters. The van der Waals surface area contributed by atoms with Gasteiger partial charge in [0.2, 0.25) is 5.91 Å². The minimum atomic E-state index is -0.198. The molecule has 2 aromatic heterocycles. The van der Waals surface area contributed by atoms with Crippen molar-refractivity contribution in [3.63, 3.8) is 0 Å². The van der Waals surface area contributed by atoms with E-state index in [4.69, 9.17) is 0 Å². The van der Waals surface area contributed by atoms with Crippen molar-refractivity contribution in [2.24, 2.45) is 0 Å². The number of pyridine rings is 1. The third-order valence-electron chi connectivity index (χ3n) is 5.33. The molecule has 3 aromatic rings. The lowest BCUT2D eigenvalue weighted by molar-refractivity contribution is -0.139. The number of nitrogens with one attached hydrogen (secondary N) is 1. The fourth-order valence-electron chi connectivity index (χ4n) is 3.54. The molecule has 148 valence electrons. The molecule has 0 bridgehead atoms. The van der Waals surface area contributed by atoms with E-state index in [0.717, 1.165) is 29.8 Å². The Bertz CT molecular complexity index is 1060. The number of carbonyl (C=O) groups excluding carboxylic acids is 1. The summed E-state index contributed by atoms with van der Waals surface area (Å²) in [5, 5.41) is 0. The van der Waals surface area contributed by atoms with Gasteiger partial charge < -0.3 is 9.88 Å². The highest BCUT2D eigenvalue weighted by atomic mass is 16.2. The number of hydrogen-bond acceptors (Lipinski definition) is 5. The Morgan fingerprint density at radius 2 is 1.76 bits per heavy atom. The van der Waals surface area contributed by atoms with Crippen LogP contribution in [0.1, 0.15) is 12.5 Å². The summed E-state index contributed by atoms with van der Waals surface area (Å²) in [7, 11) is 1.85. The van der Waals surface area contributed by atoms with E-state index in [2.05, 4.69) is 19.9 Å². The molecule has 0 unspecified atom stereocenters. The van der Waals surface area contributed by atoms with Crippen LogP contribution in [0.25, 0.3) is 22.6 Å². The molecule has 1 saturated heterocycles. The van der Waals surface area contributed by atoms with E-state index >= 15 is 0 Å². The van der Waals surface area contributed by atoms with Crippen LogP contribution >= 0.6 is 0 Å². The average molecular weight is 389 g/mol. The number of amides is 1. The molecule has 7 nitrogen and oxygen atoms in total. The highest BCUT2D eigenvalue weighted by Gasteiger charge is 2.29. The van der Waals surface area contributed by atoms with Crippen molar-refractivity contribution < 1.29 is 4.79 Å². The number of carbonyl (C=O) groups is 1. The van der Waals surface area contributed by atoms with Crippen molar-refractivity contribution in [2.45, 2.75) is 19.5 Å². The van der Waals surface area contributed by atoms with E-state index in [0.29, 0.717) is 18.1 Å². The maximum absolute atomic E-state index is 12.2. The first-order valence-corrected chi connectivity index (χ1v) is 9.61. The zero-order valence-electron chi connectivity index (χ0n) is 16.5. The molecule has 1 aliphatic heterocycles. The average Bonchev–Trinajstić information content (AvgIpc) is 2.75. The van der Waals surface area contributed by atoms with E-state index in [1.807, 2.05) is 50.4 Å². The van der Waals surface area contributed by atoms with Crippen molar-refractivity contribution >= 4 is 5.91 Å². The van der Waals surface area contributed by atoms with Crippen LogP contribution in [0.5, 0.6) is 0 Å². The number of nitrogens with zero attached hydrogens (tertiary/aromatic N) is 4. The van der Waals surface area contributed by atoms with Gasteiger partial charge in [-0.2, -0.15) is 0 Å². The summed E-state index contributed by atoms with van der Waals surface area (Å²) in [4.78, 5) is 39.7. The van der Waals surface area contributed by atoms with Crippen molar-refractivity contribution in [2.75, 3.05) is 20.1 Å². The largest absolute Gasteiger partial charge is 0.343 e. The number of piperazine rings is 1. The van der Waals surface area contributed by atoms with Crippen LogP contribution in [0.4, 0.5) is 0 Å². The van der Waals surface area contributed by atoms with Crippen molar-refractivity contribution in [1.29, 1.82) is 0 Å². The maximum atomic E-state index is 12.2. The molecular formula is C22H23N5O2. The second kappa shape index (κ2) is 7.97. The number of aromatic amines is 1. The summed E-state index contributed by atoms with van der Waals surface area (Å²) in [6, 6.07) is 13.0. The summed E-state index contributed by atoms with van der Waals surface area (Å²) in [5.74, 6) is 0.682. The molecule has 0 aliphatic carbocycles. The molecule has 0 saturated carbocycles. The van der Waals surface area contributed by atoms with Crippen molar-refractivity contribution in [3.8, 4) is 22.6 Å². The predicted octanol–water partition coefficient (Wildman–Crippen LogP) is 2.16. The first kappa shape index (κ1) is 19.0. The Morgan fingerprint density at radius 1 is 1.03 bits per heavy atom. The number of rotatable bonds is 4. The van der Waals surface area contributed by atoms with E-state index in [-0.39, 0.29) is 17.5 Å². The van der Waals surface area contributed by atoms with Crippen LogP contribution < -0.4 is 5.56 Å². The predicted molar refractivity (Wildman–Crippen MR) is 111 cm³/mol. The molecule has 29 heavy (non-hydrogen) atoms. The fourth-order valence-corrected chi connectivity index (χ4v) is 3.54. The Labute approximate surface area is 169 Å². The third kappa shape index (κ3) is 4.09. The van der Waals surface area contributed by atoms with Crippen LogP contribution in [-0.4, -0.2) is 56.8 Å². The Kier molecular flexibility index (Phi) is 5.22. The number of hydrogen-bond donors (Lipinski definition) is 1. The standard InChI is InChI=1S/C22H23N5O2/c1-15-22(29)26(2)11-12-27(15)14-16-3-5-18(6-4-16)21-24-19(13-20(28)25-21)17-7-9-23-10-8-17/h3-10,13,15H,11-12,14H2,1-2H3,(H,24,25,28)/t15-/m0/s1. The highest BCUT2D eigenvalue weighted by Crippen LogP contribution is 2.21. The first-order chi connectivity index (χ1) is 14.0. The topological polar surface area (TPSA) is 82.2 Å². The smallest absolute Gasteiger partial charge is 0.251 e. The van der Waals surface area contributed by atoms with Crippen LogP contribution in [0.15, 0.2) is 59.7 Å². The lowest BCUT2D eigenvalue weighted by atomic mass is 10.1. The van der Waals surface area contributed by atoms with Gasteiger partial charge in [-0.15, -0.1) is 0 Å². The SMILES string of the molecule is C[C@H]1C(=O)N(C)CCN1Cc1ccc(-c2nc(-c3ccncc3)cc(=O)[nH]2)cc1. The molecule has 1 N–H and O–H groups in total. The van der Waals surface area contributed by atoms with E-state index in [9.17, 15) is 9.59 Å². The van der Waals surface area contributed by atoms with Gasteiger partial charge >= 0.3 is 0 Å². The van der Waals surface area contributed by atoms with Crippen molar-refractivity contribution in [1.82, 2.24) is 24.8 Å². The fraction of sp³-hybridized carbons (Fsp3) is 0.273. The quantitative estimate of drug-likeness (QED) is 0.739. The summed E-state index contributed by atoms with van der Waals surface area (Å²) in [6.07, 6.45) is 3.35. The second-order valence-electron chi connectivity index (χ2n) is 7.32. The van der Waals surface area contributed by atoms with E-state index in [1.165, 1.54) is 6.07 Å². The Morgan fingerprint density at radius 3 is 2.48 bits per heavy atom. The third-order valence-corrected chi connectivity index (χ3v) is 5.33. The molecule has 0 spiro atoms. The summed E-state index contributed by atoms with van der Waals surface area (Å²) >= 11 is 0. The van der Waals surface area contributed by atoms with Gasteiger partial charge in [-0.1, -0.05) is 24.3 Å². The molecule has 1 amide bonds. The molecule has 1 fully saturated rings.